The zero-order chi connectivity index (χ0) is 20.1. The first-order valence-corrected chi connectivity index (χ1v) is 9.16. The second-order valence-electron chi connectivity index (χ2n) is 6.76. The average Bonchev–Trinajstić information content (AvgIpc) is 3.16. The van der Waals surface area contributed by atoms with Crippen molar-refractivity contribution in [3.63, 3.8) is 0 Å². The lowest BCUT2D eigenvalue weighted by Gasteiger charge is -2.24. The molecule has 2 aromatic rings. The summed E-state index contributed by atoms with van der Waals surface area (Å²) in [6.45, 7) is 0.448. The molecule has 2 amide bonds. The van der Waals surface area contributed by atoms with Crippen molar-refractivity contribution >= 4 is 23.5 Å². The van der Waals surface area contributed by atoms with Gasteiger partial charge in [0.15, 0.2) is 0 Å². The van der Waals surface area contributed by atoms with Crippen LogP contribution in [0.3, 0.4) is 0 Å². The molecule has 3 N–H and O–H groups in total. The van der Waals surface area contributed by atoms with Crippen molar-refractivity contribution in [2.45, 2.75) is 31.7 Å². The molecule has 1 heterocycles. The first kappa shape index (κ1) is 19.4. The molecule has 0 aromatic heterocycles. The number of likely N-dealkylation sites (tertiary alicyclic amines) is 1. The summed E-state index contributed by atoms with van der Waals surface area (Å²) in [5, 5.41) is 21.6. The predicted molar refractivity (Wildman–Crippen MR) is 103 cm³/mol. The van der Waals surface area contributed by atoms with Gasteiger partial charge in [-0.05, 0) is 49.1 Å². The third kappa shape index (κ3) is 4.49. The number of amides is 2. The Balaban J connectivity index is 1.70. The van der Waals surface area contributed by atoms with Gasteiger partial charge in [0.1, 0.15) is 11.8 Å². The van der Waals surface area contributed by atoms with Crippen molar-refractivity contribution in [1.82, 2.24) is 4.90 Å². The summed E-state index contributed by atoms with van der Waals surface area (Å²) in [5.41, 5.74) is 1.56. The molecule has 1 fully saturated rings. The molecule has 0 spiro atoms. The molecule has 1 saturated heterocycles. The molecule has 1 unspecified atom stereocenters. The van der Waals surface area contributed by atoms with Crippen molar-refractivity contribution in [2.75, 3.05) is 11.9 Å². The highest BCUT2D eigenvalue weighted by Crippen LogP contribution is 2.25. The van der Waals surface area contributed by atoms with E-state index in [0.717, 1.165) is 5.56 Å². The summed E-state index contributed by atoms with van der Waals surface area (Å²) in [4.78, 5) is 37.7. The van der Waals surface area contributed by atoms with Crippen LogP contribution >= 0.6 is 0 Å². The van der Waals surface area contributed by atoms with Crippen LogP contribution in [0.2, 0.25) is 0 Å². The second-order valence-corrected chi connectivity index (χ2v) is 6.76. The van der Waals surface area contributed by atoms with Crippen molar-refractivity contribution in [1.29, 1.82) is 0 Å². The van der Waals surface area contributed by atoms with Crippen molar-refractivity contribution in [2.24, 2.45) is 0 Å². The molecule has 0 radical (unpaired) electrons. The van der Waals surface area contributed by atoms with Gasteiger partial charge < -0.3 is 20.4 Å². The molecule has 1 aliphatic rings. The molecular formula is C21H22N2O5. The van der Waals surface area contributed by atoms with Gasteiger partial charge in [-0.25, -0.2) is 0 Å². The number of benzene rings is 2. The molecule has 0 bridgehead atoms. The summed E-state index contributed by atoms with van der Waals surface area (Å²) in [7, 11) is 0. The number of para-hydroxylation sites is 1. The van der Waals surface area contributed by atoms with Crippen molar-refractivity contribution < 1.29 is 24.6 Å². The third-order valence-corrected chi connectivity index (χ3v) is 4.77. The standard InChI is InChI=1S/C21H22N2O5/c24-18-9-2-1-7-16(18)21(28)23-12-4-8-17(23)20(27)22-15-6-3-5-14(13-15)10-11-19(25)26/h1-3,5-7,9,13,17,24H,4,8,10-12H2,(H,22,27)(H,25,26). The summed E-state index contributed by atoms with van der Waals surface area (Å²) in [6, 6.07) is 12.7. The van der Waals surface area contributed by atoms with E-state index in [9.17, 15) is 19.5 Å². The average molecular weight is 382 g/mol. The lowest BCUT2D eigenvalue weighted by Crippen LogP contribution is -2.43. The van der Waals surface area contributed by atoms with Gasteiger partial charge in [0.05, 0.1) is 5.56 Å². The first-order valence-electron chi connectivity index (χ1n) is 9.16. The molecular weight excluding hydrogens is 360 g/mol. The molecule has 0 saturated carbocycles. The van der Waals surface area contributed by atoms with Crippen LogP contribution in [0.25, 0.3) is 0 Å². The van der Waals surface area contributed by atoms with E-state index in [0.29, 0.717) is 31.5 Å². The number of carboxylic acids is 1. The molecule has 7 nitrogen and oxygen atoms in total. The maximum absolute atomic E-state index is 12.8. The number of carboxylic acid groups (broad SMARTS) is 1. The second kappa shape index (κ2) is 8.56. The zero-order valence-corrected chi connectivity index (χ0v) is 15.3. The summed E-state index contributed by atoms with van der Waals surface area (Å²) in [5.74, 6) is -1.65. The fourth-order valence-electron chi connectivity index (χ4n) is 3.37. The number of carbonyl (C=O) groups excluding carboxylic acids is 2. The van der Waals surface area contributed by atoms with Crippen LogP contribution in [0.15, 0.2) is 48.5 Å². The fourth-order valence-corrected chi connectivity index (χ4v) is 3.37. The van der Waals surface area contributed by atoms with E-state index in [1.807, 2.05) is 6.07 Å². The Morgan fingerprint density at radius 3 is 2.64 bits per heavy atom. The maximum Gasteiger partial charge on any atom is 0.303 e. The molecule has 7 heteroatoms. The van der Waals surface area contributed by atoms with Crippen LogP contribution in [0.5, 0.6) is 5.75 Å². The van der Waals surface area contributed by atoms with Gasteiger partial charge in [-0.15, -0.1) is 0 Å². The largest absolute Gasteiger partial charge is 0.507 e. The summed E-state index contributed by atoms with van der Waals surface area (Å²) >= 11 is 0. The maximum atomic E-state index is 12.8. The van der Waals surface area contributed by atoms with Gasteiger partial charge in [0.25, 0.3) is 5.91 Å². The van der Waals surface area contributed by atoms with E-state index in [1.54, 1.807) is 30.3 Å². The molecule has 146 valence electrons. The molecule has 2 aromatic carbocycles. The van der Waals surface area contributed by atoms with Crippen LogP contribution in [0, 0.1) is 0 Å². The van der Waals surface area contributed by atoms with Crippen LogP contribution in [-0.4, -0.2) is 45.5 Å². The van der Waals surface area contributed by atoms with E-state index >= 15 is 0 Å². The molecule has 1 aliphatic heterocycles. The van der Waals surface area contributed by atoms with Crippen LogP contribution in [0.1, 0.15) is 35.2 Å². The number of phenols is 1. The third-order valence-electron chi connectivity index (χ3n) is 4.77. The van der Waals surface area contributed by atoms with E-state index in [2.05, 4.69) is 5.32 Å². The molecule has 28 heavy (non-hydrogen) atoms. The number of aliphatic carboxylic acids is 1. The van der Waals surface area contributed by atoms with Gasteiger partial charge >= 0.3 is 5.97 Å². The van der Waals surface area contributed by atoms with E-state index < -0.39 is 12.0 Å². The predicted octanol–water partition coefficient (Wildman–Crippen LogP) is 2.65. The number of anilines is 1. The van der Waals surface area contributed by atoms with E-state index in [4.69, 9.17) is 5.11 Å². The number of rotatable bonds is 6. The van der Waals surface area contributed by atoms with E-state index in [-0.39, 0.29) is 29.5 Å². The number of nitrogens with one attached hydrogen (secondary N) is 1. The number of nitrogens with zero attached hydrogens (tertiary/aromatic N) is 1. The Bertz CT molecular complexity index is 896. The van der Waals surface area contributed by atoms with Crippen molar-refractivity contribution in [3.05, 3.63) is 59.7 Å². The number of hydrogen-bond acceptors (Lipinski definition) is 4. The minimum atomic E-state index is -0.876. The number of aromatic hydroxyl groups is 1. The number of aryl methyl sites for hydroxylation is 1. The van der Waals surface area contributed by atoms with Gasteiger partial charge in [0, 0.05) is 18.7 Å². The fraction of sp³-hybridized carbons (Fsp3) is 0.286. The SMILES string of the molecule is O=C(O)CCc1cccc(NC(=O)C2CCCN2C(=O)c2ccccc2O)c1. The Kier molecular flexibility index (Phi) is 5.93. The highest BCUT2D eigenvalue weighted by molar-refractivity contribution is 6.02. The quantitative estimate of drug-likeness (QED) is 0.712. The lowest BCUT2D eigenvalue weighted by molar-refractivity contribution is -0.137. The van der Waals surface area contributed by atoms with Crippen LogP contribution in [0.4, 0.5) is 5.69 Å². The zero-order valence-electron chi connectivity index (χ0n) is 15.3. The minimum Gasteiger partial charge on any atom is -0.507 e. The van der Waals surface area contributed by atoms with Gasteiger partial charge in [-0.3, -0.25) is 14.4 Å². The van der Waals surface area contributed by atoms with Crippen LogP contribution < -0.4 is 5.32 Å². The normalized spacial score (nSPS) is 16.0. The lowest BCUT2D eigenvalue weighted by atomic mass is 10.1. The summed E-state index contributed by atoms with van der Waals surface area (Å²) < 4.78 is 0. The van der Waals surface area contributed by atoms with E-state index in [1.165, 1.54) is 17.0 Å². The number of carbonyl (C=O) groups is 3. The Labute approximate surface area is 162 Å². The molecule has 0 aliphatic carbocycles. The topological polar surface area (TPSA) is 107 Å². The Morgan fingerprint density at radius 1 is 1.11 bits per heavy atom. The van der Waals surface area contributed by atoms with Gasteiger partial charge in [-0.1, -0.05) is 24.3 Å². The number of phenolic OH excluding ortho intramolecular Hbond substituents is 1. The minimum absolute atomic E-state index is 0.0167. The molecule has 3 rings (SSSR count). The summed E-state index contributed by atoms with van der Waals surface area (Å²) in [6.07, 6.45) is 1.64. The highest BCUT2D eigenvalue weighted by Gasteiger charge is 2.35. The smallest absolute Gasteiger partial charge is 0.303 e. The highest BCUT2D eigenvalue weighted by atomic mass is 16.4. The Morgan fingerprint density at radius 2 is 1.89 bits per heavy atom. The van der Waals surface area contributed by atoms with Gasteiger partial charge in [0.2, 0.25) is 5.91 Å². The number of hydrogen-bond donors (Lipinski definition) is 3. The van der Waals surface area contributed by atoms with Crippen LogP contribution in [-0.2, 0) is 16.0 Å². The van der Waals surface area contributed by atoms with Crippen molar-refractivity contribution in [3.8, 4) is 5.75 Å². The first-order chi connectivity index (χ1) is 13.5. The van der Waals surface area contributed by atoms with Gasteiger partial charge in [-0.2, -0.15) is 0 Å². The Hall–Kier alpha value is -3.35. The monoisotopic (exact) mass is 382 g/mol. The molecule has 1 atom stereocenters.